The van der Waals surface area contributed by atoms with Crippen LogP contribution in [0, 0.1) is 0 Å². The monoisotopic (exact) mass is 296 g/mol. The van der Waals surface area contributed by atoms with Gasteiger partial charge < -0.3 is 4.74 Å². The van der Waals surface area contributed by atoms with Gasteiger partial charge in [-0.25, -0.2) is 9.78 Å². The second kappa shape index (κ2) is 6.27. The first-order valence-corrected chi connectivity index (χ1v) is 7.77. The molecule has 0 fully saturated rings. The molecule has 2 aromatic heterocycles. The van der Waals surface area contributed by atoms with Gasteiger partial charge in [0.2, 0.25) is 0 Å². The van der Waals surface area contributed by atoms with Gasteiger partial charge in [0.1, 0.15) is 5.01 Å². The minimum absolute atomic E-state index is 0.290. The zero-order chi connectivity index (χ0) is 13.7. The van der Waals surface area contributed by atoms with Crippen LogP contribution in [0.15, 0.2) is 29.1 Å². The van der Waals surface area contributed by atoms with Crippen LogP contribution < -0.4 is 5.32 Å². The highest BCUT2D eigenvalue weighted by Gasteiger charge is 2.38. The van der Waals surface area contributed by atoms with Crippen molar-refractivity contribution in [1.82, 2.24) is 10.3 Å². The highest BCUT2D eigenvalue weighted by molar-refractivity contribution is 7.10. The summed E-state index contributed by atoms with van der Waals surface area (Å²) in [6, 6.07) is 4.03. The van der Waals surface area contributed by atoms with Gasteiger partial charge in [-0.05, 0) is 25.3 Å². The Morgan fingerprint density at radius 3 is 2.89 bits per heavy atom. The van der Waals surface area contributed by atoms with Crippen molar-refractivity contribution in [2.24, 2.45) is 0 Å². The number of nitrogens with zero attached hydrogens (tertiary/aromatic N) is 1. The Morgan fingerprint density at radius 2 is 2.32 bits per heavy atom. The van der Waals surface area contributed by atoms with E-state index in [1.165, 1.54) is 16.2 Å². The summed E-state index contributed by atoms with van der Waals surface area (Å²) in [6.07, 6.45) is 1.70. The molecule has 0 aliphatic heterocycles. The third-order valence-corrected chi connectivity index (χ3v) is 4.61. The summed E-state index contributed by atoms with van der Waals surface area (Å²) in [5, 5.41) is 7.87. The van der Waals surface area contributed by atoms with Gasteiger partial charge in [-0.2, -0.15) is 0 Å². The number of esters is 1. The van der Waals surface area contributed by atoms with Crippen molar-refractivity contribution in [3.63, 3.8) is 0 Å². The lowest BCUT2D eigenvalue weighted by atomic mass is 10.0. The van der Waals surface area contributed by atoms with Crippen molar-refractivity contribution < 1.29 is 9.53 Å². The van der Waals surface area contributed by atoms with E-state index in [0.717, 1.165) is 5.01 Å². The van der Waals surface area contributed by atoms with Crippen LogP contribution in [-0.2, 0) is 21.6 Å². The van der Waals surface area contributed by atoms with Gasteiger partial charge in [0, 0.05) is 23.0 Å². The average Bonchev–Trinajstić information content (AvgIpc) is 3.09. The first-order chi connectivity index (χ1) is 9.16. The van der Waals surface area contributed by atoms with Gasteiger partial charge in [0.05, 0.1) is 6.61 Å². The third-order valence-electron chi connectivity index (χ3n) is 2.74. The van der Waals surface area contributed by atoms with Gasteiger partial charge in [-0.3, -0.25) is 5.32 Å². The van der Waals surface area contributed by atoms with Gasteiger partial charge in [0.25, 0.3) is 0 Å². The maximum atomic E-state index is 12.2. The quantitative estimate of drug-likeness (QED) is 0.833. The molecule has 6 heteroatoms. The summed E-state index contributed by atoms with van der Waals surface area (Å²) in [5.74, 6) is -0.290. The average molecular weight is 296 g/mol. The first kappa shape index (κ1) is 14.2. The predicted molar refractivity (Wildman–Crippen MR) is 77.3 cm³/mol. The van der Waals surface area contributed by atoms with Crippen LogP contribution in [0.25, 0.3) is 0 Å². The van der Waals surface area contributed by atoms with E-state index in [0.29, 0.717) is 13.2 Å². The molecule has 4 nitrogen and oxygen atoms in total. The number of carbonyl (C=O) groups excluding carboxylic acids is 1. The van der Waals surface area contributed by atoms with Crippen molar-refractivity contribution in [2.45, 2.75) is 25.9 Å². The minimum atomic E-state index is -0.895. The summed E-state index contributed by atoms with van der Waals surface area (Å²) >= 11 is 3.10. The number of thiophene rings is 1. The molecule has 0 aromatic carbocycles. The molecule has 0 bridgehead atoms. The molecular weight excluding hydrogens is 280 g/mol. The number of hydrogen-bond acceptors (Lipinski definition) is 6. The lowest BCUT2D eigenvalue weighted by molar-refractivity contribution is -0.151. The molecule has 0 aliphatic rings. The van der Waals surface area contributed by atoms with Crippen molar-refractivity contribution >= 4 is 28.6 Å². The normalized spacial score (nSPS) is 14.0. The fourth-order valence-electron chi connectivity index (χ4n) is 1.66. The molecule has 19 heavy (non-hydrogen) atoms. The van der Waals surface area contributed by atoms with E-state index < -0.39 is 5.54 Å². The molecule has 0 saturated heterocycles. The molecular formula is C13H16N2O2S2. The van der Waals surface area contributed by atoms with Gasteiger partial charge in [0.15, 0.2) is 5.54 Å². The van der Waals surface area contributed by atoms with Gasteiger partial charge >= 0.3 is 5.97 Å². The molecule has 0 aliphatic carbocycles. The van der Waals surface area contributed by atoms with Crippen molar-refractivity contribution in [2.75, 3.05) is 6.61 Å². The maximum absolute atomic E-state index is 12.2. The van der Waals surface area contributed by atoms with Crippen LogP contribution in [0.1, 0.15) is 23.7 Å². The second-order valence-electron chi connectivity index (χ2n) is 4.12. The predicted octanol–water partition coefficient (Wildman–Crippen LogP) is 2.77. The second-order valence-corrected chi connectivity index (χ2v) is 6.04. The van der Waals surface area contributed by atoms with E-state index >= 15 is 0 Å². The van der Waals surface area contributed by atoms with E-state index in [9.17, 15) is 4.79 Å². The number of aromatic nitrogens is 1. The van der Waals surface area contributed by atoms with Gasteiger partial charge in [-0.1, -0.05) is 6.07 Å². The Bertz CT molecular complexity index is 511. The Hall–Kier alpha value is -1.24. The van der Waals surface area contributed by atoms with Crippen LogP contribution in [0.5, 0.6) is 0 Å². The van der Waals surface area contributed by atoms with Crippen LogP contribution in [-0.4, -0.2) is 17.6 Å². The molecule has 1 atom stereocenters. The molecule has 2 heterocycles. The first-order valence-electron chi connectivity index (χ1n) is 6.01. The number of carbonyl (C=O) groups is 1. The molecule has 0 radical (unpaired) electrons. The summed E-state index contributed by atoms with van der Waals surface area (Å²) in [5.41, 5.74) is -0.895. The van der Waals surface area contributed by atoms with Crippen molar-refractivity contribution in [3.05, 3.63) is 39.0 Å². The highest BCUT2D eigenvalue weighted by atomic mass is 32.1. The van der Waals surface area contributed by atoms with E-state index in [1.807, 2.05) is 29.8 Å². The summed E-state index contributed by atoms with van der Waals surface area (Å²) in [6.45, 7) is 4.60. The smallest absolute Gasteiger partial charge is 0.333 e. The molecule has 0 spiro atoms. The zero-order valence-corrected chi connectivity index (χ0v) is 12.5. The number of thiazole rings is 1. The molecule has 102 valence electrons. The van der Waals surface area contributed by atoms with E-state index in [2.05, 4.69) is 10.3 Å². The van der Waals surface area contributed by atoms with Crippen molar-refractivity contribution in [1.29, 1.82) is 0 Å². The number of nitrogens with one attached hydrogen (secondary N) is 1. The van der Waals surface area contributed by atoms with Crippen LogP contribution >= 0.6 is 22.7 Å². The van der Waals surface area contributed by atoms with Crippen LogP contribution in [0.2, 0.25) is 0 Å². The molecule has 2 rings (SSSR count). The maximum Gasteiger partial charge on any atom is 0.333 e. The lowest BCUT2D eigenvalue weighted by Crippen LogP contribution is -2.47. The van der Waals surface area contributed by atoms with Gasteiger partial charge in [-0.15, -0.1) is 22.7 Å². The third kappa shape index (κ3) is 3.20. The van der Waals surface area contributed by atoms with Crippen LogP contribution in [0.3, 0.4) is 0 Å². The Balaban J connectivity index is 2.16. The summed E-state index contributed by atoms with van der Waals surface area (Å²) in [7, 11) is 0. The fraction of sp³-hybridized carbons (Fsp3) is 0.385. The zero-order valence-electron chi connectivity index (χ0n) is 10.9. The van der Waals surface area contributed by atoms with Crippen molar-refractivity contribution in [3.8, 4) is 0 Å². The molecule has 2 aromatic rings. The standard InChI is InChI=1S/C13H16N2O2S2/c1-3-17-12(16)13(2,11-14-6-8-19-11)15-9-10-5-4-7-18-10/h4-8,15H,3,9H2,1-2H3. The van der Waals surface area contributed by atoms with E-state index in [1.54, 1.807) is 24.5 Å². The number of ether oxygens (including phenoxy) is 1. The van der Waals surface area contributed by atoms with E-state index in [4.69, 9.17) is 4.74 Å². The Labute approximate surface area is 120 Å². The SMILES string of the molecule is CCOC(=O)C(C)(NCc1cccs1)c1nccs1. The lowest BCUT2D eigenvalue weighted by Gasteiger charge is -2.26. The van der Waals surface area contributed by atoms with Crippen LogP contribution in [0.4, 0.5) is 0 Å². The Kier molecular flexibility index (Phi) is 4.68. The molecule has 1 unspecified atom stereocenters. The largest absolute Gasteiger partial charge is 0.464 e. The number of hydrogen-bond donors (Lipinski definition) is 1. The summed E-state index contributed by atoms with van der Waals surface area (Å²) in [4.78, 5) is 17.6. The fourth-order valence-corrected chi connectivity index (χ4v) is 3.07. The van der Waals surface area contributed by atoms with E-state index in [-0.39, 0.29) is 5.97 Å². The topological polar surface area (TPSA) is 51.2 Å². The molecule has 0 amide bonds. The highest BCUT2D eigenvalue weighted by Crippen LogP contribution is 2.25. The molecule has 1 N–H and O–H groups in total. The minimum Gasteiger partial charge on any atom is -0.464 e. The number of rotatable bonds is 6. The molecule has 0 saturated carbocycles. The summed E-state index contributed by atoms with van der Waals surface area (Å²) < 4.78 is 5.17. The Morgan fingerprint density at radius 1 is 1.47 bits per heavy atom.